The number of hydrogen-bond donors (Lipinski definition) is 2. The summed E-state index contributed by atoms with van der Waals surface area (Å²) >= 11 is 0. The number of aliphatic hydroxyl groups excluding tert-OH is 1. The highest BCUT2D eigenvalue weighted by atomic mass is 16.5. The zero-order valence-corrected chi connectivity index (χ0v) is 7.87. The van der Waals surface area contributed by atoms with Crippen molar-refractivity contribution in [1.82, 2.24) is 5.16 Å². The molecule has 1 saturated carbocycles. The molecule has 2 rings (SSSR count). The Labute approximate surface area is 76.7 Å². The Hall–Kier alpha value is -0.870. The van der Waals surface area contributed by atoms with Crippen LogP contribution in [0.1, 0.15) is 29.9 Å². The minimum atomic E-state index is -0.409. The van der Waals surface area contributed by atoms with Gasteiger partial charge in [0.1, 0.15) is 5.76 Å². The van der Waals surface area contributed by atoms with Crippen molar-refractivity contribution in [2.75, 3.05) is 0 Å². The Kier molecular flexibility index (Phi) is 1.72. The fraction of sp³-hybridized carbons (Fsp3) is 0.667. The van der Waals surface area contributed by atoms with Crippen LogP contribution >= 0.6 is 0 Å². The smallest absolute Gasteiger partial charge is 0.138 e. The lowest BCUT2D eigenvalue weighted by molar-refractivity contribution is 0.0200. The second kappa shape index (κ2) is 2.56. The summed E-state index contributed by atoms with van der Waals surface area (Å²) < 4.78 is 5.04. The lowest BCUT2D eigenvalue weighted by atomic mass is 9.70. The number of hydrogen-bond acceptors (Lipinski definition) is 4. The molecule has 0 atom stereocenters. The van der Waals surface area contributed by atoms with E-state index in [0.29, 0.717) is 12.8 Å². The first-order valence-corrected chi connectivity index (χ1v) is 4.43. The van der Waals surface area contributed by atoms with Crippen LogP contribution in [0.3, 0.4) is 0 Å². The largest absolute Gasteiger partial charge is 0.393 e. The molecule has 1 aromatic heterocycles. The summed E-state index contributed by atoms with van der Waals surface area (Å²) in [6.07, 6.45) is 0.949. The van der Waals surface area contributed by atoms with Gasteiger partial charge in [-0.1, -0.05) is 5.16 Å². The number of rotatable bonds is 1. The van der Waals surface area contributed by atoms with Crippen LogP contribution < -0.4 is 5.73 Å². The van der Waals surface area contributed by atoms with Gasteiger partial charge < -0.3 is 15.4 Å². The van der Waals surface area contributed by atoms with Gasteiger partial charge in [0.2, 0.25) is 0 Å². The molecular formula is C9H14N2O2. The summed E-state index contributed by atoms with van der Waals surface area (Å²) in [7, 11) is 0. The van der Waals surface area contributed by atoms with Crippen molar-refractivity contribution in [2.45, 2.75) is 38.3 Å². The van der Waals surface area contributed by atoms with Gasteiger partial charge in [0, 0.05) is 5.56 Å². The van der Waals surface area contributed by atoms with Gasteiger partial charge in [0.05, 0.1) is 17.3 Å². The van der Waals surface area contributed by atoms with Crippen molar-refractivity contribution in [2.24, 2.45) is 5.73 Å². The van der Waals surface area contributed by atoms with Crippen LogP contribution in [0.15, 0.2) is 4.52 Å². The van der Waals surface area contributed by atoms with Crippen molar-refractivity contribution in [3.05, 3.63) is 17.0 Å². The zero-order valence-electron chi connectivity index (χ0n) is 7.87. The average Bonchev–Trinajstić information content (AvgIpc) is 2.28. The van der Waals surface area contributed by atoms with Gasteiger partial charge in [-0.2, -0.15) is 0 Å². The van der Waals surface area contributed by atoms with Crippen LogP contribution in [0.2, 0.25) is 0 Å². The SMILES string of the molecule is Cc1noc(C)c1C1(N)CC(O)C1. The molecule has 4 nitrogen and oxygen atoms in total. The Morgan fingerprint density at radius 3 is 2.54 bits per heavy atom. The molecule has 0 radical (unpaired) electrons. The molecule has 1 fully saturated rings. The van der Waals surface area contributed by atoms with E-state index in [4.69, 9.17) is 10.3 Å². The minimum Gasteiger partial charge on any atom is -0.393 e. The first-order chi connectivity index (χ1) is 6.03. The number of nitrogens with zero attached hydrogens (tertiary/aromatic N) is 1. The molecule has 3 N–H and O–H groups in total. The zero-order chi connectivity index (χ0) is 9.64. The van der Waals surface area contributed by atoms with Crippen LogP contribution in [0.25, 0.3) is 0 Å². The second-order valence-electron chi connectivity index (χ2n) is 3.92. The molecule has 0 aromatic carbocycles. The first-order valence-electron chi connectivity index (χ1n) is 4.43. The van der Waals surface area contributed by atoms with Crippen LogP contribution in [0.4, 0.5) is 0 Å². The summed E-state index contributed by atoms with van der Waals surface area (Å²) in [6, 6.07) is 0. The fourth-order valence-electron chi connectivity index (χ4n) is 2.18. The van der Waals surface area contributed by atoms with E-state index >= 15 is 0 Å². The number of aromatic nitrogens is 1. The van der Waals surface area contributed by atoms with Gasteiger partial charge in [-0.3, -0.25) is 0 Å². The van der Waals surface area contributed by atoms with E-state index in [1.54, 1.807) is 0 Å². The summed E-state index contributed by atoms with van der Waals surface area (Å²) in [5.41, 5.74) is 7.50. The number of aryl methyl sites for hydroxylation is 2. The summed E-state index contributed by atoms with van der Waals surface area (Å²) in [6.45, 7) is 3.74. The Morgan fingerprint density at radius 2 is 2.15 bits per heavy atom. The number of nitrogens with two attached hydrogens (primary N) is 1. The van der Waals surface area contributed by atoms with Crippen LogP contribution in [0, 0.1) is 13.8 Å². The van der Waals surface area contributed by atoms with Crippen molar-refractivity contribution in [3.63, 3.8) is 0 Å². The molecule has 0 aliphatic heterocycles. The van der Waals surface area contributed by atoms with Crippen LogP contribution in [-0.2, 0) is 5.54 Å². The highest BCUT2D eigenvalue weighted by Crippen LogP contribution is 2.41. The minimum absolute atomic E-state index is 0.265. The van der Waals surface area contributed by atoms with E-state index in [1.807, 2.05) is 13.8 Å². The van der Waals surface area contributed by atoms with Gasteiger partial charge >= 0.3 is 0 Å². The monoisotopic (exact) mass is 182 g/mol. The molecule has 0 amide bonds. The number of aliphatic hydroxyl groups is 1. The molecule has 0 spiro atoms. The van der Waals surface area contributed by atoms with E-state index in [1.165, 1.54) is 0 Å². The molecule has 1 aromatic rings. The average molecular weight is 182 g/mol. The third-order valence-electron chi connectivity index (χ3n) is 2.73. The summed E-state index contributed by atoms with van der Waals surface area (Å²) in [4.78, 5) is 0. The maximum atomic E-state index is 9.23. The van der Waals surface area contributed by atoms with E-state index in [-0.39, 0.29) is 6.10 Å². The van der Waals surface area contributed by atoms with Gasteiger partial charge in [-0.25, -0.2) is 0 Å². The topological polar surface area (TPSA) is 72.3 Å². The molecule has 0 saturated heterocycles. The van der Waals surface area contributed by atoms with Crippen molar-refractivity contribution < 1.29 is 9.63 Å². The maximum Gasteiger partial charge on any atom is 0.138 e. The van der Waals surface area contributed by atoms with Gasteiger partial charge in [-0.15, -0.1) is 0 Å². The lowest BCUT2D eigenvalue weighted by Crippen LogP contribution is -2.52. The molecule has 0 unspecified atom stereocenters. The summed E-state index contributed by atoms with van der Waals surface area (Å²) in [5.74, 6) is 0.770. The van der Waals surface area contributed by atoms with E-state index < -0.39 is 5.54 Å². The highest BCUT2D eigenvalue weighted by Gasteiger charge is 2.44. The Bertz CT molecular complexity index is 307. The van der Waals surface area contributed by atoms with Crippen molar-refractivity contribution in [1.29, 1.82) is 0 Å². The molecule has 1 aliphatic carbocycles. The maximum absolute atomic E-state index is 9.23. The van der Waals surface area contributed by atoms with Crippen LogP contribution in [-0.4, -0.2) is 16.4 Å². The molecule has 1 aliphatic rings. The van der Waals surface area contributed by atoms with Gasteiger partial charge in [-0.05, 0) is 26.7 Å². The molecule has 4 heteroatoms. The van der Waals surface area contributed by atoms with Crippen LogP contribution in [0.5, 0.6) is 0 Å². The first kappa shape index (κ1) is 8.72. The standard InChI is InChI=1S/C9H14N2O2/c1-5-8(6(2)13-11-5)9(10)3-7(12)4-9/h7,12H,3-4,10H2,1-2H3. The quantitative estimate of drug-likeness (QED) is 0.667. The van der Waals surface area contributed by atoms with Gasteiger partial charge in [0.25, 0.3) is 0 Å². The third kappa shape index (κ3) is 1.17. The highest BCUT2D eigenvalue weighted by molar-refractivity contribution is 5.32. The normalized spacial score (nSPS) is 33.1. The fourth-order valence-corrected chi connectivity index (χ4v) is 2.18. The van der Waals surface area contributed by atoms with E-state index in [9.17, 15) is 5.11 Å². The lowest BCUT2D eigenvalue weighted by Gasteiger charge is -2.42. The van der Waals surface area contributed by atoms with Crippen molar-refractivity contribution in [3.8, 4) is 0 Å². The Morgan fingerprint density at radius 1 is 1.54 bits per heavy atom. The molecule has 1 heterocycles. The second-order valence-corrected chi connectivity index (χ2v) is 3.92. The molecule has 13 heavy (non-hydrogen) atoms. The van der Waals surface area contributed by atoms with E-state index in [2.05, 4.69) is 5.16 Å². The predicted octanol–water partition coefficient (Wildman–Crippen LogP) is 0.600. The predicted molar refractivity (Wildman–Crippen MR) is 47.1 cm³/mol. The molecular weight excluding hydrogens is 168 g/mol. The Balaban J connectivity index is 2.35. The molecule has 0 bridgehead atoms. The van der Waals surface area contributed by atoms with Gasteiger partial charge in [0.15, 0.2) is 0 Å². The molecule has 72 valence electrons. The third-order valence-corrected chi connectivity index (χ3v) is 2.73. The van der Waals surface area contributed by atoms with Crippen molar-refractivity contribution >= 4 is 0 Å². The van der Waals surface area contributed by atoms with E-state index in [0.717, 1.165) is 17.0 Å². The summed E-state index contributed by atoms with van der Waals surface area (Å²) in [5, 5.41) is 13.1.